The summed E-state index contributed by atoms with van der Waals surface area (Å²) in [7, 11) is 0. The third-order valence-corrected chi connectivity index (χ3v) is 10.4. The molecule has 0 bridgehead atoms. The Morgan fingerprint density at radius 3 is 2.07 bits per heavy atom. The Balaban J connectivity index is 1.27. The molecule has 1 aliphatic heterocycles. The van der Waals surface area contributed by atoms with Crippen LogP contribution in [0.5, 0.6) is 0 Å². The van der Waals surface area contributed by atoms with Gasteiger partial charge in [0.2, 0.25) is 0 Å². The maximum Gasteiger partial charge on any atom is 0.0964 e. The summed E-state index contributed by atoms with van der Waals surface area (Å²) in [5.41, 5.74) is 15.4. The number of nitrogens with zero attached hydrogens (tertiary/aromatic N) is 3. The fourth-order valence-corrected chi connectivity index (χ4v) is 8.64. The van der Waals surface area contributed by atoms with Crippen molar-refractivity contribution in [2.45, 2.75) is 5.41 Å². The molecule has 212 valence electrons. The molecule has 0 saturated carbocycles. The second-order valence-electron chi connectivity index (χ2n) is 12.6. The van der Waals surface area contributed by atoms with E-state index in [4.69, 9.17) is 4.98 Å². The van der Waals surface area contributed by atoms with E-state index < -0.39 is 5.41 Å². The van der Waals surface area contributed by atoms with Crippen molar-refractivity contribution in [3.63, 3.8) is 0 Å². The third-order valence-electron chi connectivity index (χ3n) is 10.4. The molecule has 1 spiro atoms. The average Bonchev–Trinajstić information content (AvgIpc) is 3.62. The molecule has 0 radical (unpaired) electrons. The molecule has 11 rings (SSSR count). The van der Waals surface area contributed by atoms with Gasteiger partial charge < -0.3 is 4.57 Å². The minimum atomic E-state index is -0.433. The topological polar surface area (TPSA) is 30.7 Å². The van der Waals surface area contributed by atoms with Crippen molar-refractivity contribution in [2.24, 2.45) is 0 Å². The van der Waals surface area contributed by atoms with Crippen LogP contribution in [0.1, 0.15) is 22.3 Å². The van der Waals surface area contributed by atoms with Gasteiger partial charge in [-0.1, -0.05) is 115 Å². The number of benzene rings is 6. The minimum absolute atomic E-state index is 0.433. The van der Waals surface area contributed by atoms with Crippen molar-refractivity contribution >= 4 is 43.6 Å². The predicted octanol–water partition coefficient (Wildman–Crippen LogP) is 10.2. The van der Waals surface area contributed by atoms with Crippen LogP contribution >= 0.6 is 0 Å². The molecule has 3 nitrogen and oxygen atoms in total. The summed E-state index contributed by atoms with van der Waals surface area (Å²) < 4.78 is 2.51. The first kappa shape index (κ1) is 24.3. The molecule has 3 aromatic heterocycles. The van der Waals surface area contributed by atoms with Gasteiger partial charge in [0.15, 0.2) is 0 Å². The average molecular weight is 584 g/mol. The lowest BCUT2D eigenvalue weighted by Crippen LogP contribution is -2.33. The van der Waals surface area contributed by atoms with Crippen LogP contribution in [0.15, 0.2) is 152 Å². The van der Waals surface area contributed by atoms with Gasteiger partial charge in [0.05, 0.1) is 33.2 Å². The van der Waals surface area contributed by atoms with Crippen LogP contribution in [0.3, 0.4) is 0 Å². The molecule has 4 heterocycles. The van der Waals surface area contributed by atoms with Crippen molar-refractivity contribution in [1.29, 1.82) is 0 Å². The highest BCUT2D eigenvalue weighted by molar-refractivity contribution is 6.13. The molecule has 0 N–H and O–H groups in total. The fraction of sp³-hybridized carbons (Fsp3) is 0.0233. The summed E-state index contributed by atoms with van der Waals surface area (Å²) in [6.45, 7) is 0. The molecule has 0 saturated heterocycles. The van der Waals surface area contributed by atoms with Crippen LogP contribution in [-0.2, 0) is 5.41 Å². The summed E-state index contributed by atoms with van der Waals surface area (Å²) in [6, 6.07) is 51.4. The van der Waals surface area contributed by atoms with Gasteiger partial charge in [0, 0.05) is 39.5 Å². The quantitative estimate of drug-likeness (QED) is 0.180. The number of hydrogen-bond donors (Lipinski definition) is 0. The molecule has 0 unspecified atom stereocenters. The Morgan fingerprint density at radius 1 is 0.478 bits per heavy atom. The molecule has 3 heteroatoms. The monoisotopic (exact) mass is 583 g/mol. The first-order valence-corrected chi connectivity index (χ1v) is 15.8. The van der Waals surface area contributed by atoms with E-state index >= 15 is 0 Å². The summed E-state index contributed by atoms with van der Waals surface area (Å²) in [5.74, 6) is 0. The molecule has 1 aliphatic carbocycles. The van der Waals surface area contributed by atoms with Gasteiger partial charge in [-0.3, -0.25) is 9.97 Å². The van der Waals surface area contributed by atoms with Crippen molar-refractivity contribution in [2.75, 3.05) is 0 Å². The van der Waals surface area contributed by atoms with E-state index in [0.29, 0.717) is 0 Å². The van der Waals surface area contributed by atoms with E-state index in [1.54, 1.807) is 0 Å². The summed E-state index contributed by atoms with van der Waals surface area (Å²) >= 11 is 0. The van der Waals surface area contributed by atoms with Gasteiger partial charge >= 0.3 is 0 Å². The van der Waals surface area contributed by atoms with Gasteiger partial charge in [-0.25, -0.2) is 0 Å². The van der Waals surface area contributed by atoms with Gasteiger partial charge in [0.25, 0.3) is 0 Å². The van der Waals surface area contributed by atoms with E-state index in [2.05, 4.69) is 143 Å². The Labute approximate surface area is 265 Å². The number of para-hydroxylation sites is 2. The summed E-state index contributed by atoms with van der Waals surface area (Å²) in [5, 5.41) is 4.76. The largest absolute Gasteiger partial charge is 0.309 e. The molecular weight excluding hydrogens is 558 g/mol. The van der Waals surface area contributed by atoms with E-state index in [1.165, 1.54) is 60.9 Å². The molecular formula is C43H25N3. The van der Waals surface area contributed by atoms with Gasteiger partial charge in [0.1, 0.15) is 0 Å². The standard InChI is InChI=1S/C43H25N3/c1-4-14-34-30(10-1)31-11-2-5-15-35(31)43(34)36-21-20-27(29-23-28-19-18-26-9-8-22-44-40(26)41(28)45-25-29)24-39(36)46-38-17-6-3-12-32(38)33-13-7-16-37(43)42(33)46/h1-25H. The number of rotatable bonds is 1. The molecule has 46 heavy (non-hydrogen) atoms. The van der Waals surface area contributed by atoms with Crippen LogP contribution in [0.4, 0.5) is 0 Å². The van der Waals surface area contributed by atoms with E-state index in [-0.39, 0.29) is 0 Å². The Bertz CT molecular complexity index is 2720. The van der Waals surface area contributed by atoms with Gasteiger partial charge in [-0.2, -0.15) is 0 Å². The highest BCUT2D eigenvalue weighted by Gasteiger charge is 2.50. The Hall–Kier alpha value is -6.06. The Morgan fingerprint density at radius 2 is 1.20 bits per heavy atom. The smallest absolute Gasteiger partial charge is 0.0964 e. The highest BCUT2D eigenvalue weighted by Crippen LogP contribution is 2.61. The molecule has 0 amide bonds. The van der Waals surface area contributed by atoms with Crippen molar-refractivity contribution in [1.82, 2.24) is 14.5 Å². The summed E-state index contributed by atoms with van der Waals surface area (Å²) in [4.78, 5) is 9.62. The van der Waals surface area contributed by atoms with Crippen LogP contribution in [0.2, 0.25) is 0 Å². The number of fused-ring (bicyclic) bond motifs is 15. The van der Waals surface area contributed by atoms with Gasteiger partial charge in [-0.15, -0.1) is 0 Å². The first-order chi connectivity index (χ1) is 22.8. The zero-order valence-corrected chi connectivity index (χ0v) is 24.8. The number of hydrogen-bond acceptors (Lipinski definition) is 2. The van der Waals surface area contributed by atoms with Gasteiger partial charge in [-0.05, 0) is 63.2 Å². The third kappa shape index (κ3) is 2.84. The SMILES string of the molecule is c1ccc2c(c1)-c1ccccc1C21c2ccc(-c3cnc4c(ccc5cccnc54)c3)cc2-n2c3ccccc3c3cccc1c32. The van der Waals surface area contributed by atoms with Crippen LogP contribution in [0.25, 0.3) is 71.6 Å². The van der Waals surface area contributed by atoms with Crippen LogP contribution < -0.4 is 0 Å². The van der Waals surface area contributed by atoms with Crippen molar-refractivity contribution < 1.29 is 0 Å². The molecule has 9 aromatic rings. The second kappa shape index (κ2) is 8.56. The first-order valence-electron chi connectivity index (χ1n) is 15.8. The molecule has 0 fully saturated rings. The number of pyridine rings is 2. The lowest BCUT2D eigenvalue weighted by atomic mass is 9.65. The maximum absolute atomic E-state index is 4.97. The summed E-state index contributed by atoms with van der Waals surface area (Å²) in [6.07, 6.45) is 3.85. The lowest BCUT2D eigenvalue weighted by Gasteiger charge is -2.39. The highest BCUT2D eigenvalue weighted by atomic mass is 15.0. The minimum Gasteiger partial charge on any atom is -0.309 e. The molecule has 6 aromatic carbocycles. The van der Waals surface area contributed by atoms with Crippen LogP contribution in [-0.4, -0.2) is 14.5 Å². The zero-order chi connectivity index (χ0) is 30.0. The Kier molecular flexibility index (Phi) is 4.52. The van der Waals surface area contributed by atoms with E-state index in [9.17, 15) is 0 Å². The van der Waals surface area contributed by atoms with E-state index in [0.717, 1.165) is 32.9 Å². The zero-order valence-electron chi connectivity index (χ0n) is 24.8. The lowest BCUT2D eigenvalue weighted by molar-refractivity contribution is 0.748. The predicted molar refractivity (Wildman–Crippen MR) is 188 cm³/mol. The van der Waals surface area contributed by atoms with Crippen LogP contribution in [0, 0.1) is 0 Å². The fourth-order valence-electron chi connectivity index (χ4n) is 8.64. The van der Waals surface area contributed by atoms with E-state index in [1.807, 2.05) is 18.5 Å². The van der Waals surface area contributed by atoms with Crippen molar-refractivity contribution in [3.8, 4) is 27.9 Å². The normalized spacial score (nSPS) is 13.8. The second-order valence-corrected chi connectivity index (χ2v) is 12.6. The molecule has 0 atom stereocenters. The maximum atomic E-state index is 4.97. The molecule has 2 aliphatic rings. The van der Waals surface area contributed by atoms with Crippen molar-refractivity contribution in [3.05, 3.63) is 174 Å². The number of aromatic nitrogens is 3.